The van der Waals surface area contributed by atoms with E-state index < -0.39 is 12.6 Å². The molecule has 1 saturated carbocycles. The van der Waals surface area contributed by atoms with E-state index in [2.05, 4.69) is 5.32 Å². The Hall–Kier alpha value is -0.780. The number of alkyl halides is 3. The molecule has 1 N–H and O–H groups in total. The van der Waals surface area contributed by atoms with Crippen LogP contribution in [0.25, 0.3) is 0 Å². The van der Waals surface area contributed by atoms with Crippen LogP contribution in [0.5, 0.6) is 0 Å². The number of nitrogens with zero attached hydrogens (tertiary/aromatic N) is 1. The topological polar surface area (TPSA) is 32.3 Å². The molecule has 1 rings (SSSR count). The minimum atomic E-state index is -4.15. The molecule has 1 fully saturated rings. The molecular weight excluding hydrogens is 221 g/mol. The zero-order valence-corrected chi connectivity index (χ0v) is 9.31. The average Bonchev–Trinajstić information content (AvgIpc) is 2.96. The number of carbonyl (C=O) groups is 1. The first-order chi connectivity index (χ1) is 7.40. The first kappa shape index (κ1) is 13.3. The van der Waals surface area contributed by atoms with Crippen molar-refractivity contribution < 1.29 is 18.0 Å². The summed E-state index contributed by atoms with van der Waals surface area (Å²) in [4.78, 5) is 12.7. The van der Waals surface area contributed by atoms with Gasteiger partial charge in [0.1, 0.15) is 0 Å². The molecule has 1 aliphatic rings. The quantitative estimate of drug-likeness (QED) is 0.758. The molecule has 0 unspecified atom stereocenters. The molecule has 0 saturated heterocycles. The number of amides is 1. The third-order valence-corrected chi connectivity index (χ3v) is 2.57. The summed E-state index contributed by atoms with van der Waals surface area (Å²) >= 11 is 0. The van der Waals surface area contributed by atoms with E-state index in [1.54, 1.807) is 4.90 Å². The van der Waals surface area contributed by atoms with Crippen molar-refractivity contribution in [3.63, 3.8) is 0 Å². The highest BCUT2D eigenvalue weighted by atomic mass is 19.4. The van der Waals surface area contributed by atoms with Gasteiger partial charge in [0.05, 0.1) is 13.0 Å². The van der Waals surface area contributed by atoms with E-state index in [4.69, 9.17) is 0 Å². The summed E-state index contributed by atoms with van der Waals surface area (Å²) in [5.41, 5.74) is 0. The van der Waals surface area contributed by atoms with Gasteiger partial charge < -0.3 is 5.32 Å². The Morgan fingerprint density at radius 3 is 2.50 bits per heavy atom. The van der Waals surface area contributed by atoms with Crippen LogP contribution in [0.15, 0.2) is 0 Å². The van der Waals surface area contributed by atoms with Gasteiger partial charge in [-0.25, -0.2) is 0 Å². The molecule has 0 aromatic heterocycles. The number of halogens is 3. The summed E-state index contributed by atoms with van der Waals surface area (Å²) in [6.45, 7) is 0.569. The van der Waals surface area contributed by atoms with E-state index >= 15 is 0 Å². The molecule has 1 aliphatic carbocycles. The summed E-state index contributed by atoms with van der Waals surface area (Å²) < 4.78 is 36.2. The number of hydrogen-bond acceptors (Lipinski definition) is 2. The minimum Gasteiger partial charge on any atom is -0.358 e. The average molecular weight is 238 g/mol. The molecular formula is C10H17F3N2O. The van der Waals surface area contributed by atoms with E-state index in [0.717, 1.165) is 12.8 Å². The molecule has 0 aromatic rings. The van der Waals surface area contributed by atoms with Crippen LogP contribution in [0.1, 0.15) is 19.3 Å². The lowest BCUT2D eigenvalue weighted by Gasteiger charge is -2.21. The van der Waals surface area contributed by atoms with Crippen molar-refractivity contribution in [2.24, 2.45) is 5.92 Å². The molecule has 0 heterocycles. The Morgan fingerprint density at radius 1 is 1.44 bits per heavy atom. The van der Waals surface area contributed by atoms with Crippen molar-refractivity contribution in [2.45, 2.75) is 25.4 Å². The molecule has 94 valence electrons. The van der Waals surface area contributed by atoms with E-state index in [1.807, 2.05) is 0 Å². The van der Waals surface area contributed by atoms with Crippen LogP contribution in [0.2, 0.25) is 0 Å². The fourth-order valence-corrected chi connectivity index (χ4v) is 1.47. The number of likely N-dealkylation sites (N-methyl/N-ethyl adjacent to an activating group) is 1. The summed E-state index contributed by atoms with van der Waals surface area (Å²) in [7, 11) is 1.49. The molecule has 0 aromatic carbocycles. The third kappa shape index (κ3) is 5.95. The maximum absolute atomic E-state index is 12.1. The smallest absolute Gasteiger partial charge is 0.358 e. The normalized spacial score (nSPS) is 16.6. The Morgan fingerprint density at radius 2 is 2.06 bits per heavy atom. The van der Waals surface area contributed by atoms with Crippen molar-refractivity contribution >= 4 is 5.91 Å². The summed E-state index contributed by atoms with van der Waals surface area (Å²) in [6, 6.07) is 0. The van der Waals surface area contributed by atoms with Crippen LogP contribution in [0.3, 0.4) is 0 Å². The van der Waals surface area contributed by atoms with Gasteiger partial charge in [-0.05, 0) is 18.8 Å². The fraction of sp³-hybridized carbons (Fsp3) is 0.900. The van der Waals surface area contributed by atoms with Gasteiger partial charge in [0, 0.05) is 20.1 Å². The zero-order valence-electron chi connectivity index (χ0n) is 9.31. The van der Waals surface area contributed by atoms with Gasteiger partial charge in [-0.3, -0.25) is 9.69 Å². The van der Waals surface area contributed by atoms with Gasteiger partial charge >= 0.3 is 6.18 Å². The molecule has 0 radical (unpaired) electrons. The van der Waals surface area contributed by atoms with Gasteiger partial charge in [0.2, 0.25) is 5.91 Å². The highest BCUT2D eigenvalue weighted by molar-refractivity contribution is 5.77. The van der Waals surface area contributed by atoms with Crippen molar-refractivity contribution in [3.8, 4) is 0 Å². The van der Waals surface area contributed by atoms with Crippen molar-refractivity contribution in [2.75, 3.05) is 26.7 Å². The number of rotatable bonds is 6. The molecule has 0 atom stereocenters. The SMILES string of the molecule is CNC(=O)CN(CCC(F)(F)F)CC1CC1. The van der Waals surface area contributed by atoms with Crippen LogP contribution >= 0.6 is 0 Å². The van der Waals surface area contributed by atoms with Crippen molar-refractivity contribution in [3.05, 3.63) is 0 Å². The van der Waals surface area contributed by atoms with Crippen LogP contribution in [-0.2, 0) is 4.79 Å². The lowest BCUT2D eigenvalue weighted by Crippen LogP contribution is -2.38. The predicted molar refractivity (Wildman–Crippen MR) is 53.9 cm³/mol. The standard InChI is InChI=1S/C10H17F3N2O/c1-14-9(16)7-15(6-8-2-3-8)5-4-10(11,12)13/h8H,2-7H2,1H3,(H,14,16). The molecule has 1 amide bonds. The summed E-state index contributed by atoms with van der Waals surface area (Å²) in [5, 5.41) is 2.42. The fourth-order valence-electron chi connectivity index (χ4n) is 1.47. The van der Waals surface area contributed by atoms with E-state index in [9.17, 15) is 18.0 Å². The lowest BCUT2D eigenvalue weighted by molar-refractivity contribution is -0.140. The Kier molecular flexibility index (Phi) is 4.58. The largest absolute Gasteiger partial charge is 0.390 e. The predicted octanol–water partition coefficient (Wildman–Crippen LogP) is 1.40. The third-order valence-electron chi connectivity index (χ3n) is 2.57. The van der Waals surface area contributed by atoms with E-state index in [0.29, 0.717) is 12.5 Å². The Labute approximate surface area is 93.0 Å². The van der Waals surface area contributed by atoms with Crippen LogP contribution in [-0.4, -0.2) is 43.7 Å². The van der Waals surface area contributed by atoms with Crippen molar-refractivity contribution in [1.29, 1.82) is 0 Å². The molecule has 0 bridgehead atoms. The molecule has 0 aliphatic heterocycles. The second kappa shape index (κ2) is 5.52. The van der Waals surface area contributed by atoms with Crippen molar-refractivity contribution in [1.82, 2.24) is 10.2 Å². The highest BCUT2D eigenvalue weighted by Crippen LogP contribution is 2.30. The highest BCUT2D eigenvalue weighted by Gasteiger charge is 2.30. The van der Waals surface area contributed by atoms with Crippen LogP contribution in [0.4, 0.5) is 13.2 Å². The Balaban J connectivity index is 2.33. The molecule has 3 nitrogen and oxygen atoms in total. The van der Waals surface area contributed by atoms with E-state index in [1.165, 1.54) is 7.05 Å². The van der Waals surface area contributed by atoms with Gasteiger partial charge in [-0.1, -0.05) is 0 Å². The number of nitrogens with one attached hydrogen (secondary N) is 1. The molecule has 16 heavy (non-hydrogen) atoms. The second-order valence-corrected chi connectivity index (χ2v) is 4.22. The maximum Gasteiger partial charge on any atom is 0.390 e. The maximum atomic E-state index is 12.1. The first-order valence-corrected chi connectivity index (χ1v) is 5.40. The zero-order chi connectivity index (χ0) is 12.2. The minimum absolute atomic E-state index is 0.0586. The molecule has 0 spiro atoms. The molecule has 6 heteroatoms. The lowest BCUT2D eigenvalue weighted by atomic mass is 10.3. The van der Waals surface area contributed by atoms with Crippen LogP contribution < -0.4 is 5.32 Å². The Bertz CT molecular complexity index is 239. The summed E-state index contributed by atoms with van der Waals surface area (Å²) in [5.74, 6) is 0.251. The van der Waals surface area contributed by atoms with Crippen LogP contribution in [0, 0.1) is 5.92 Å². The van der Waals surface area contributed by atoms with Gasteiger partial charge in [-0.2, -0.15) is 13.2 Å². The summed E-state index contributed by atoms with van der Waals surface area (Å²) in [6.07, 6.45) is -2.87. The van der Waals surface area contributed by atoms with Gasteiger partial charge in [0.15, 0.2) is 0 Å². The number of hydrogen-bond donors (Lipinski definition) is 1. The second-order valence-electron chi connectivity index (χ2n) is 4.22. The first-order valence-electron chi connectivity index (χ1n) is 5.40. The monoisotopic (exact) mass is 238 g/mol. The van der Waals surface area contributed by atoms with E-state index in [-0.39, 0.29) is 19.0 Å². The van der Waals surface area contributed by atoms with Gasteiger partial charge in [0.25, 0.3) is 0 Å². The van der Waals surface area contributed by atoms with Gasteiger partial charge in [-0.15, -0.1) is 0 Å². The number of carbonyl (C=O) groups excluding carboxylic acids is 1.